The number of hydrogen-bond donors (Lipinski definition) is 1. The molecule has 0 aliphatic heterocycles. The number of amides is 1. The highest BCUT2D eigenvalue weighted by Crippen LogP contribution is 2.28. The van der Waals surface area contributed by atoms with Crippen molar-refractivity contribution in [2.24, 2.45) is 0 Å². The van der Waals surface area contributed by atoms with Crippen LogP contribution in [0.5, 0.6) is 0 Å². The molecule has 142 valence electrons. The Balaban J connectivity index is 2.69. The van der Waals surface area contributed by atoms with Crippen LogP contribution in [0.15, 0.2) is 16.9 Å². The molecule has 0 aliphatic rings. The molecule has 1 amide bonds. The van der Waals surface area contributed by atoms with E-state index in [-0.39, 0.29) is 24.2 Å². The first-order chi connectivity index (χ1) is 12.1. The largest absolute Gasteiger partial charge is 0.438 e. The number of ether oxygens (including phenoxy) is 1. The molecule has 0 aliphatic carbocycles. The SMILES string of the molecule is COCCNC(=O)C(C)n1c(=O)c(C(F)(F)F)nc2cc(C)c(C)cc21. The van der Waals surface area contributed by atoms with Crippen molar-refractivity contribution in [3.8, 4) is 0 Å². The number of fused-ring (bicyclic) bond motifs is 1. The van der Waals surface area contributed by atoms with Crippen LogP contribution in [0.2, 0.25) is 0 Å². The van der Waals surface area contributed by atoms with E-state index in [1.165, 1.54) is 20.1 Å². The van der Waals surface area contributed by atoms with E-state index in [1.54, 1.807) is 19.9 Å². The van der Waals surface area contributed by atoms with Gasteiger partial charge in [-0.1, -0.05) is 0 Å². The van der Waals surface area contributed by atoms with Crippen LogP contribution < -0.4 is 10.9 Å². The molecular formula is C17H20F3N3O3. The topological polar surface area (TPSA) is 73.2 Å². The molecule has 0 saturated carbocycles. The fourth-order valence-electron chi connectivity index (χ4n) is 2.57. The Hall–Kier alpha value is -2.42. The molecule has 0 spiro atoms. The van der Waals surface area contributed by atoms with E-state index in [1.807, 2.05) is 0 Å². The summed E-state index contributed by atoms with van der Waals surface area (Å²) in [6, 6.07) is 1.90. The number of carbonyl (C=O) groups is 1. The molecule has 1 aromatic heterocycles. The molecule has 1 aromatic carbocycles. The molecule has 1 heterocycles. The number of nitrogens with zero attached hydrogens (tertiary/aromatic N) is 2. The Labute approximate surface area is 148 Å². The van der Waals surface area contributed by atoms with E-state index in [2.05, 4.69) is 10.3 Å². The normalized spacial score (nSPS) is 13.0. The predicted molar refractivity (Wildman–Crippen MR) is 90.1 cm³/mol. The van der Waals surface area contributed by atoms with Gasteiger partial charge in [0, 0.05) is 13.7 Å². The van der Waals surface area contributed by atoms with E-state index in [4.69, 9.17) is 4.74 Å². The monoisotopic (exact) mass is 371 g/mol. The summed E-state index contributed by atoms with van der Waals surface area (Å²) < 4.78 is 45.4. The third-order valence-corrected chi connectivity index (χ3v) is 4.14. The number of benzene rings is 1. The summed E-state index contributed by atoms with van der Waals surface area (Å²) in [5.74, 6) is -0.581. The van der Waals surface area contributed by atoms with Crippen molar-refractivity contribution in [2.45, 2.75) is 33.0 Å². The number of aromatic nitrogens is 2. The Morgan fingerprint density at radius 1 is 1.31 bits per heavy atom. The van der Waals surface area contributed by atoms with Crippen LogP contribution in [0.3, 0.4) is 0 Å². The maximum atomic E-state index is 13.3. The number of rotatable bonds is 5. The number of aryl methyl sites for hydroxylation is 2. The van der Waals surface area contributed by atoms with Crippen molar-refractivity contribution < 1.29 is 22.7 Å². The molecule has 6 nitrogen and oxygen atoms in total. The van der Waals surface area contributed by atoms with E-state index < -0.39 is 29.4 Å². The van der Waals surface area contributed by atoms with Crippen molar-refractivity contribution in [3.05, 3.63) is 39.3 Å². The number of hydrogen-bond acceptors (Lipinski definition) is 4. The third kappa shape index (κ3) is 3.87. The van der Waals surface area contributed by atoms with Gasteiger partial charge in [0.2, 0.25) is 11.6 Å². The van der Waals surface area contributed by atoms with Gasteiger partial charge in [-0.2, -0.15) is 13.2 Å². The Morgan fingerprint density at radius 2 is 1.92 bits per heavy atom. The van der Waals surface area contributed by atoms with Gasteiger partial charge < -0.3 is 10.1 Å². The molecule has 2 aromatic rings. The molecule has 0 fully saturated rings. The zero-order valence-electron chi connectivity index (χ0n) is 14.9. The number of alkyl halides is 3. The average molecular weight is 371 g/mol. The van der Waals surface area contributed by atoms with Gasteiger partial charge in [-0.15, -0.1) is 0 Å². The summed E-state index contributed by atoms with van der Waals surface area (Å²) in [7, 11) is 1.46. The van der Waals surface area contributed by atoms with E-state index in [9.17, 15) is 22.8 Å². The zero-order valence-corrected chi connectivity index (χ0v) is 14.9. The second-order valence-corrected chi connectivity index (χ2v) is 6.02. The van der Waals surface area contributed by atoms with Gasteiger partial charge in [-0.05, 0) is 44.0 Å². The molecule has 1 N–H and O–H groups in total. The molecule has 0 saturated heterocycles. The molecule has 9 heteroatoms. The van der Waals surface area contributed by atoms with Crippen LogP contribution in [-0.2, 0) is 15.7 Å². The lowest BCUT2D eigenvalue weighted by Gasteiger charge is -2.20. The minimum absolute atomic E-state index is 0.0107. The van der Waals surface area contributed by atoms with E-state index in [0.717, 1.165) is 15.7 Å². The summed E-state index contributed by atoms with van der Waals surface area (Å²) in [4.78, 5) is 28.3. The first kappa shape index (κ1) is 19.9. The third-order valence-electron chi connectivity index (χ3n) is 4.14. The van der Waals surface area contributed by atoms with Crippen molar-refractivity contribution in [3.63, 3.8) is 0 Å². The highest BCUT2D eigenvalue weighted by atomic mass is 19.4. The molecule has 1 atom stereocenters. The number of carbonyl (C=O) groups excluding carboxylic acids is 1. The highest BCUT2D eigenvalue weighted by molar-refractivity contribution is 5.84. The molecule has 26 heavy (non-hydrogen) atoms. The lowest BCUT2D eigenvalue weighted by atomic mass is 10.1. The first-order valence-corrected chi connectivity index (χ1v) is 7.95. The van der Waals surface area contributed by atoms with E-state index in [0.29, 0.717) is 0 Å². The van der Waals surface area contributed by atoms with Crippen molar-refractivity contribution in [1.82, 2.24) is 14.9 Å². The fraction of sp³-hybridized carbons (Fsp3) is 0.471. The molecule has 0 bridgehead atoms. The molecule has 2 rings (SSSR count). The summed E-state index contributed by atoms with van der Waals surface area (Å²) in [6.45, 7) is 5.31. The Bertz CT molecular complexity index is 891. The van der Waals surface area contributed by atoms with Crippen LogP contribution in [0.4, 0.5) is 13.2 Å². The Morgan fingerprint density at radius 3 is 2.50 bits per heavy atom. The van der Waals surface area contributed by atoms with Crippen LogP contribution >= 0.6 is 0 Å². The summed E-state index contributed by atoms with van der Waals surface area (Å²) in [5, 5.41) is 2.53. The van der Waals surface area contributed by atoms with Gasteiger partial charge in [0.25, 0.3) is 5.56 Å². The molecule has 1 unspecified atom stereocenters. The van der Waals surface area contributed by atoms with Gasteiger partial charge >= 0.3 is 6.18 Å². The minimum atomic E-state index is -4.92. The second kappa shape index (κ2) is 7.45. The number of methoxy groups -OCH3 is 1. The van der Waals surface area contributed by atoms with Crippen molar-refractivity contribution in [2.75, 3.05) is 20.3 Å². The molecule has 0 radical (unpaired) electrons. The first-order valence-electron chi connectivity index (χ1n) is 7.95. The van der Waals surface area contributed by atoms with Crippen LogP contribution in [0.1, 0.15) is 29.8 Å². The van der Waals surface area contributed by atoms with Gasteiger partial charge in [0.05, 0.1) is 17.6 Å². The second-order valence-electron chi connectivity index (χ2n) is 6.02. The number of nitrogens with one attached hydrogen (secondary N) is 1. The Kier molecular flexibility index (Phi) is 5.70. The maximum Gasteiger partial charge on any atom is 0.438 e. The number of halogens is 3. The minimum Gasteiger partial charge on any atom is -0.383 e. The lowest BCUT2D eigenvalue weighted by molar-refractivity contribution is -0.142. The van der Waals surface area contributed by atoms with Gasteiger partial charge in [-0.3, -0.25) is 14.2 Å². The quantitative estimate of drug-likeness (QED) is 0.819. The maximum absolute atomic E-state index is 13.3. The van der Waals surface area contributed by atoms with Crippen LogP contribution in [0, 0.1) is 13.8 Å². The van der Waals surface area contributed by atoms with Crippen LogP contribution in [0.25, 0.3) is 11.0 Å². The predicted octanol–water partition coefficient (Wildman–Crippen LogP) is 2.36. The summed E-state index contributed by atoms with van der Waals surface area (Å²) in [6.07, 6.45) is -4.92. The smallest absolute Gasteiger partial charge is 0.383 e. The van der Waals surface area contributed by atoms with E-state index >= 15 is 0 Å². The highest BCUT2D eigenvalue weighted by Gasteiger charge is 2.38. The van der Waals surface area contributed by atoms with Crippen LogP contribution in [-0.4, -0.2) is 35.7 Å². The van der Waals surface area contributed by atoms with Gasteiger partial charge in [-0.25, -0.2) is 4.98 Å². The average Bonchev–Trinajstić information content (AvgIpc) is 2.54. The van der Waals surface area contributed by atoms with Gasteiger partial charge in [0.15, 0.2) is 0 Å². The van der Waals surface area contributed by atoms with Crippen molar-refractivity contribution in [1.29, 1.82) is 0 Å². The molecular weight excluding hydrogens is 351 g/mol. The standard InChI is InChI=1S/C17H20F3N3O3/c1-9-7-12-13(8-10(9)2)23(11(3)15(24)21-5-6-26-4)16(25)14(22-12)17(18,19)20/h7-8,11H,5-6H2,1-4H3,(H,21,24). The van der Waals surface area contributed by atoms with Gasteiger partial charge in [0.1, 0.15) is 6.04 Å². The lowest BCUT2D eigenvalue weighted by Crippen LogP contribution is -2.40. The summed E-state index contributed by atoms with van der Waals surface area (Å²) in [5.41, 5.74) is -1.18. The van der Waals surface area contributed by atoms with Crippen molar-refractivity contribution >= 4 is 16.9 Å². The summed E-state index contributed by atoms with van der Waals surface area (Å²) >= 11 is 0. The zero-order chi connectivity index (χ0) is 19.6. The fourth-order valence-corrected chi connectivity index (χ4v) is 2.57.